The van der Waals surface area contributed by atoms with E-state index in [1.54, 1.807) is 5.56 Å². The minimum atomic E-state index is 0.264. The van der Waals surface area contributed by atoms with Crippen LogP contribution in [0.15, 0.2) is 48.7 Å². The third kappa shape index (κ3) is 3.28. The Morgan fingerprint density at radius 2 is 1.54 bits per heavy atom. The molecule has 0 aliphatic heterocycles. The molecule has 10 rings (SSSR count). The molecule has 0 N–H and O–H groups in total. The first-order chi connectivity index (χ1) is 19.6. The SMILES string of the molecule is Cc1cc2c3cc(CC(C)(C)C)ccc3n3c4cc(C56CC7CC(CC(C7)C5)C6)cc5cc[n+](C)c(c(c1C)c23)c54. The van der Waals surface area contributed by atoms with Gasteiger partial charge in [-0.2, -0.15) is 0 Å². The first-order valence-corrected chi connectivity index (χ1v) is 16.1. The van der Waals surface area contributed by atoms with E-state index in [2.05, 4.69) is 99.3 Å². The summed E-state index contributed by atoms with van der Waals surface area (Å²) >= 11 is 0. The summed E-state index contributed by atoms with van der Waals surface area (Å²) in [6.45, 7) is 11.7. The van der Waals surface area contributed by atoms with Crippen molar-refractivity contribution in [3.05, 3.63) is 70.9 Å². The molecule has 3 heterocycles. The molecule has 4 aliphatic rings. The van der Waals surface area contributed by atoms with Crippen LogP contribution in [0.25, 0.3) is 49.0 Å². The van der Waals surface area contributed by atoms with Crippen molar-refractivity contribution in [2.24, 2.45) is 30.2 Å². The van der Waals surface area contributed by atoms with Crippen LogP contribution >= 0.6 is 0 Å². The molecule has 41 heavy (non-hydrogen) atoms. The second-order valence-corrected chi connectivity index (χ2v) is 15.9. The molecule has 4 aliphatic carbocycles. The number of benzene rings is 3. The molecular weight excluding hydrogens is 496 g/mol. The molecule has 208 valence electrons. The van der Waals surface area contributed by atoms with Crippen LogP contribution < -0.4 is 4.57 Å². The molecule has 2 nitrogen and oxygen atoms in total. The van der Waals surface area contributed by atoms with E-state index in [9.17, 15) is 0 Å². The van der Waals surface area contributed by atoms with Crippen molar-refractivity contribution in [3.8, 4) is 0 Å². The Morgan fingerprint density at radius 1 is 0.829 bits per heavy atom. The lowest BCUT2D eigenvalue weighted by molar-refractivity contribution is -0.643. The molecule has 6 aromatic rings. The smallest absolute Gasteiger partial charge is 0.224 e. The van der Waals surface area contributed by atoms with E-state index in [0.29, 0.717) is 5.41 Å². The van der Waals surface area contributed by atoms with Crippen molar-refractivity contribution >= 4 is 49.0 Å². The predicted molar refractivity (Wildman–Crippen MR) is 172 cm³/mol. The summed E-state index contributed by atoms with van der Waals surface area (Å²) in [7, 11) is 2.25. The first-order valence-electron chi connectivity index (χ1n) is 16.1. The average molecular weight is 540 g/mol. The van der Waals surface area contributed by atoms with Gasteiger partial charge in [0, 0.05) is 16.8 Å². The van der Waals surface area contributed by atoms with Gasteiger partial charge in [0.1, 0.15) is 7.05 Å². The van der Waals surface area contributed by atoms with Gasteiger partial charge in [0.15, 0.2) is 6.20 Å². The molecule has 4 fully saturated rings. The number of aryl methyl sites for hydroxylation is 3. The minimum absolute atomic E-state index is 0.264. The van der Waals surface area contributed by atoms with Crippen LogP contribution in [0.2, 0.25) is 0 Å². The van der Waals surface area contributed by atoms with Crippen molar-refractivity contribution in [1.29, 1.82) is 0 Å². The number of hydrogen-bond donors (Lipinski definition) is 0. The molecule has 0 radical (unpaired) electrons. The summed E-state index contributed by atoms with van der Waals surface area (Å²) in [5.41, 5.74) is 12.1. The van der Waals surface area contributed by atoms with Gasteiger partial charge in [0.2, 0.25) is 5.52 Å². The summed E-state index contributed by atoms with van der Waals surface area (Å²) in [5, 5.41) is 7.11. The lowest BCUT2D eigenvalue weighted by atomic mass is 9.48. The Hall–Kier alpha value is -3.13. The fourth-order valence-corrected chi connectivity index (χ4v) is 10.4. The molecular formula is C39H43N2+. The molecule has 0 amide bonds. The predicted octanol–water partition coefficient (Wildman–Crippen LogP) is 9.49. The second kappa shape index (κ2) is 7.82. The van der Waals surface area contributed by atoms with Gasteiger partial charge < -0.3 is 4.40 Å². The molecule has 3 aromatic heterocycles. The van der Waals surface area contributed by atoms with Crippen molar-refractivity contribution in [1.82, 2.24) is 4.40 Å². The van der Waals surface area contributed by atoms with Crippen LogP contribution in [-0.4, -0.2) is 4.40 Å². The molecule has 2 heteroatoms. The van der Waals surface area contributed by atoms with Crippen LogP contribution in [0.5, 0.6) is 0 Å². The van der Waals surface area contributed by atoms with E-state index in [1.807, 2.05) is 0 Å². The number of nitrogens with zero attached hydrogens (tertiary/aromatic N) is 2. The van der Waals surface area contributed by atoms with Gasteiger partial charge in [0.05, 0.1) is 27.3 Å². The maximum Gasteiger partial charge on any atom is 0.224 e. The van der Waals surface area contributed by atoms with E-state index in [-0.39, 0.29) is 5.41 Å². The zero-order valence-electron chi connectivity index (χ0n) is 25.7. The highest BCUT2D eigenvalue weighted by molar-refractivity contribution is 6.26. The highest BCUT2D eigenvalue weighted by Gasteiger charge is 2.51. The Balaban J connectivity index is 1.44. The summed E-state index contributed by atoms with van der Waals surface area (Å²) in [6.07, 6.45) is 12.1. The maximum absolute atomic E-state index is 2.67. The van der Waals surface area contributed by atoms with E-state index in [4.69, 9.17) is 0 Å². The van der Waals surface area contributed by atoms with Gasteiger partial charge in [-0.05, 0) is 145 Å². The Labute approximate surface area is 243 Å². The average Bonchev–Trinajstić information content (AvgIpc) is 3.21. The number of pyridine rings is 2. The van der Waals surface area contributed by atoms with Crippen molar-refractivity contribution in [2.75, 3.05) is 0 Å². The van der Waals surface area contributed by atoms with Gasteiger partial charge in [-0.1, -0.05) is 26.8 Å². The van der Waals surface area contributed by atoms with Gasteiger partial charge in [-0.3, -0.25) is 0 Å². The minimum Gasteiger partial charge on any atom is -0.307 e. The summed E-state index contributed by atoms with van der Waals surface area (Å²) in [4.78, 5) is 0. The molecule has 0 atom stereocenters. The van der Waals surface area contributed by atoms with Gasteiger partial charge in [-0.25, -0.2) is 4.57 Å². The van der Waals surface area contributed by atoms with Crippen LogP contribution in [0.4, 0.5) is 0 Å². The van der Waals surface area contributed by atoms with Crippen LogP contribution in [0.1, 0.15) is 81.5 Å². The number of aromatic nitrogens is 2. The fourth-order valence-electron chi connectivity index (χ4n) is 10.4. The first kappa shape index (κ1) is 24.5. The Morgan fingerprint density at radius 3 is 2.22 bits per heavy atom. The molecule has 3 aromatic carbocycles. The summed E-state index contributed by atoms with van der Waals surface area (Å²) < 4.78 is 5.07. The van der Waals surface area contributed by atoms with Crippen LogP contribution in [-0.2, 0) is 18.9 Å². The molecule has 0 unspecified atom stereocenters. The van der Waals surface area contributed by atoms with E-state index in [1.165, 1.54) is 104 Å². The van der Waals surface area contributed by atoms with E-state index in [0.717, 1.165) is 24.2 Å². The molecule has 4 saturated carbocycles. The van der Waals surface area contributed by atoms with Gasteiger partial charge in [-0.15, -0.1) is 0 Å². The lowest BCUT2D eigenvalue weighted by Gasteiger charge is -2.57. The Bertz CT molecular complexity index is 2030. The third-order valence-electron chi connectivity index (χ3n) is 11.7. The summed E-state index contributed by atoms with van der Waals surface area (Å²) in [6, 6.07) is 17.5. The quantitative estimate of drug-likeness (QED) is 0.118. The zero-order valence-corrected chi connectivity index (χ0v) is 25.7. The maximum atomic E-state index is 2.67. The number of fused-ring (bicyclic) bond motifs is 5. The number of hydrogen-bond acceptors (Lipinski definition) is 0. The molecule has 0 saturated heterocycles. The Kier molecular flexibility index (Phi) is 4.67. The highest BCUT2D eigenvalue weighted by Crippen LogP contribution is 2.61. The molecule has 0 spiro atoms. The van der Waals surface area contributed by atoms with E-state index < -0.39 is 0 Å². The topological polar surface area (TPSA) is 8.29 Å². The number of rotatable bonds is 2. The van der Waals surface area contributed by atoms with E-state index >= 15 is 0 Å². The monoisotopic (exact) mass is 539 g/mol. The molecule has 4 bridgehead atoms. The highest BCUT2D eigenvalue weighted by atomic mass is 15.0. The van der Waals surface area contributed by atoms with Crippen molar-refractivity contribution in [3.63, 3.8) is 0 Å². The lowest BCUT2D eigenvalue weighted by Crippen LogP contribution is -2.48. The largest absolute Gasteiger partial charge is 0.307 e. The fraction of sp³-hybridized carbons (Fsp3) is 0.462. The van der Waals surface area contributed by atoms with Crippen LogP contribution in [0.3, 0.4) is 0 Å². The van der Waals surface area contributed by atoms with Crippen molar-refractivity contribution in [2.45, 2.75) is 85.0 Å². The normalized spacial score (nSPS) is 26.1. The standard InChI is InChI=1S/C39H43N2/c1-22-11-31-30-15-24(18-38(3,4)5)7-8-32(30)41-33-17-29(39-19-25-12-26(20-39)14-27(13-25)21-39)16-28-9-10-40(6)37(35(28)33)34(23(22)2)36(31)41/h7-11,15-17,25-27H,12-14,18-21H2,1-6H3/q+1. The zero-order chi connectivity index (χ0) is 28.0. The summed E-state index contributed by atoms with van der Waals surface area (Å²) in [5.74, 6) is 2.84. The van der Waals surface area contributed by atoms with Crippen molar-refractivity contribution < 1.29 is 4.57 Å². The van der Waals surface area contributed by atoms with Gasteiger partial charge in [0.25, 0.3) is 0 Å². The third-order valence-corrected chi connectivity index (χ3v) is 11.7. The van der Waals surface area contributed by atoms with Crippen LogP contribution in [0, 0.1) is 37.0 Å². The van der Waals surface area contributed by atoms with Gasteiger partial charge >= 0.3 is 0 Å². The second-order valence-electron chi connectivity index (χ2n) is 15.9.